The van der Waals surface area contributed by atoms with Gasteiger partial charge in [0.05, 0.1) is 7.11 Å². The number of hydrogen-bond donors (Lipinski definition) is 0. The van der Waals surface area contributed by atoms with Gasteiger partial charge in [-0.15, -0.1) is 0 Å². The molecule has 2 aliphatic rings. The molecule has 0 bridgehead atoms. The summed E-state index contributed by atoms with van der Waals surface area (Å²) >= 11 is 0. The van der Waals surface area contributed by atoms with Gasteiger partial charge in [0.25, 0.3) is 0 Å². The van der Waals surface area contributed by atoms with E-state index in [2.05, 4.69) is 23.1 Å². The fourth-order valence-electron chi connectivity index (χ4n) is 3.48. The Hall–Kier alpha value is -1.55. The van der Waals surface area contributed by atoms with Crippen LogP contribution in [0.25, 0.3) is 0 Å². The molecule has 1 aromatic rings. The number of fused-ring (bicyclic) bond motifs is 1. The third kappa shape index (κ3) is 3.21. The highest BCUT2D eigenvalue weighted by Gasteiger charge is 2.26. The SMILES string of the molecule is COc1ccc2c(c1)CCN(CC1CCC(=O)N(C)C1)C2. The Morgan fingerprint density at radius 1 is 1.29 bits per heavy atom. The molecule has 21 heavy (non-hydrogen) atoms. The first-order valence-corrected chi connectivity index (χ1v) is 7.78. The van der Waals surface area contributed by atoms with Gasteiger partial charge in [-0.25, -0.2) is 0 Å². The van der Waals surface area contributed by atoms with Gasteiger partial charge in [0.15, 0.2) is 0 Å². The van der Waals surface area contributed by atoms with Crippen molar-refractivity contribution in [2.45, 2.75) is 25.8 Å². The Balaban J connectivity index is 1.60. The number of methoxy groups -OCH3 is 1. The number of benzene rings is 1. The molecule has 1 atom stereocenters. The number of carbonyl (C=O) groups is 1. The van der Waals surface area contributed by atoms with Gasteiger partial charge in [0.2, 0.25) is 5.91 Å². The minimum atomic E-state index is 0.294. The minimum absolute atomic E-state index is 0.294. The Bertz CT molecular complexity index is 530. The zero-order chi connectivity index (χ0) is 14.8. The minimum Gasteiger partial charge on any atom is -0.497 e. The summed E-state index contributed by atoms with van der Waals surface area (Å²) in [5, 5.41) is 0. The van der Waals surface area contributed by atoms with E-state index >= 15 is 0 Å². The maximum atomic E-state index is 11.6. The van der Waals surface area contributed by atoms with Crippen molar-refractivity contribution in [1.29, 1.82) is 0 Å². The Labute approximate surface area is 126 Å². The fraction of sp³-hybridized carbons (Fsp3) is 0.588. The molecule has 4 nitrogen and oxygen atoms in total. The number of carbonyl (C=O) groups excluding carboxylic acids is 1. The van der Waals surface area contributed by atoms with Crippen LogP contribution >= 0.6 is 0 Å². The van der Waals surface area contributed by atoms with Crippen molar-refractivity contribution < 1.29 is 9.53 Å². The van der Waals surface area contributed by atoms with Gasteiger partial charge in [-0.3, -0.25) is 9.69 Å². The highest BCUT2D eigenvalue weighted by molar-refractivity contribution is 5.76. The molecule has 1 saturated heterocycles. The van der Waals surface area contributed by atoms with Crippen molar-refractivity contribution >= 4 is 5.91 Å². The predicted molar refractivity (Wildman–Crippen MR) is 82.3 cm³/mol. The summed E-state index contributed by atoms with van der Waals surface area (Å²) in [6, 6.07) is 6.41. The summed E-state index contributed by atoms with van der Waals surface area (Å²) in [6.45, 7) is 4.13. The molecule has 2 heterocycles. The molecule has 1 aromatic carbocycles. The maximum absolute atomic E-state index is 11.6. The predicted octanol–water partition coefficient (Wildman–Crippen LogP) is 1.92. The molecule has 0 saturated carbocycles. The van der Waals surface area contributed by atoms with Gasteiger partial charge in [0.1, 0.15) is 5.75 Å². The van der Waals surface area contributed by atoms with Crippen molar-refractivity contribution in [2.24, 2.45) is 5.92 Å². The number of hydrogen-bond acceptors (Lipinski definition) is 3. The van der Waals surface area contributed by atoms with Crippen LogP contribution < -0.4 is 4.74 Å². The van der Waals surface area contributed by atoms with Gasteiger partial charge < -0.3 is 9.64 Å². The largest absolute Gasteiger partial charge is 0.497 e. The molecule has 0 N–H and O–H groups in total. The smallest absolute Gasteiger partial charge is 0.222 e. The number of piperidine rings is 1. The van der Waals surface area contributed by atoms with Gasteiger partial charge in [0, 0.05) is 39.6 Å². The lowest BCUT2D eigenvalue weighted by molar-refractivity contribution is -0.133. The average Bonchev–Trinajstić information content (AvgIpc) is 2.50. The van der Waals surface area contributed by atoms with Crippen LogP contribution in [0.1, 0.15) is 24.0 Å². The molecule has 0 radical (unpaired) electrons. The second kappa shape index (κ2) is 6.06. The number of amides is 1. The van der Waals surface area contributed by atoms with E-state index in [9.17, 15) is 4.79 Å². The van der Waals surface area contributed by atoms with Crippen molar-refractivity contribution in [3.8, 4) is 5.75 Å². The van der Waals surface area contributed by atoms with E-state index in [4.69, 9.17) is 4.74 Å². The summed E-state index contributed by atoms with van der Waals surface area (Å²) in [7, 11) is 3.64. The highest BCUT2D eigenvalue weighted by Crippen LogP contribution is 2.25. The topological polar surface area (TPSA) is 32.8 Å². The monoisotopic (exact) mass is 288 g/mol. The Kier molecular flexibility index (Phi) is 4.15. The molecule has 0 spiro atoms. The van der Waals surface area contributed by atoms with Gasteiger partial charge in [-0.2, -0.15) is 0 Å². The van der Waals surface area contributed by atoms with Crippen LogP contribution in [0.15, 0.2) is 18.2 Å². The second-order valence-electron chi connectivity index (χ2n) is 6.30. The van der Waals surface area contributed by atoms with Crippen molar-refractivity contribution in [3.63, 3.8) is 0 Å². The third-order valence-corrected chi connectivity index (χ3v) is 4.75. The third-order valence-electron chi connectivity index (χ3n) is 4.75. The summed E-state index contributed by atoms with van der Waals surface area (Å²) in [5.74, 6) is 1.87. The van der Waals surface area contributed by atoms with E-state index in [1.54, 1.807) is 7.11 Å². The molecular formula is C17H24N2O2. The average molecular weight is 288 g/mol. The molecule has 0 aromatic heterocycles. The molecule has 114 valence electrons. The van der Waals surface area contributed by atoms with E-state index in [0.29, 0.717) is 18.2 Å². The summed E-state index contributed by atoms with van der Waals surface area (Å²) in [4.78, 5) is 16.0. The molecule has 2 aliphatic heterocycles. The lowest BCUT2D eigenvalue weighted by Gasteiger charge is -2.35. The molecule has 1 unspecified atom stereocenters. The first-order valence-electron chi connectivity index (χ1n) is 7.78. The van der Waals surface area contributed by atoms with Crippen LogP contribution in [-0.4, -0.2) is 49.5 Å². The fourth-order valence-corrected chi connectivity index (χ4v) is 3.48. The first kappa shape index (κ1) is 14.4. The number of ether oxygens (including phenoxy) is 1. The molecule has 1 amide bonds. The van der Waals surface area contributed by atoms with Crippen LogP contribution in [0.4, 0.5) is 0 Å². The Morgan fingerprint density at radius 2 is 2.14 bits per heavy atom. The normalized spacial score (nSPS) is 23.0. The van der Waals surface area contributed by atoms with Crippen LogP contribution in [0.2, 0.25) is 0 Å². The van der Waals surface area contributed by atoms with Crippen molar-refractivity contribution in [2.75, 3.05) is 33.8 Å². The van der Waals surface area contributed by atoms with E-state index in [0.717, 1.165) is 44.8 Å². The molecule has 0 aliphatic carbocycles. The van der Waals surface area contributed by atoms with Crippen LogP contribution in [0.5, 0.6) is 5.75 Å². The number of nitrogens with zero attached hydrogens (tertiary/aromatic N) is 2. The maximum Gasteiger partial charge on any atom is 0.222 e. The van der Waals surface area contributed by atoms with Gasteiger partial charge in [-0.1, -0.05) is 6.07 Å². The molecule has 4 heteroatoms. The summed E-state index contributed by atoms with van der Waals surface area (Å²) in [5.41, 5.74) is 2.84. The van der Waals surface area contributed by atoms with Crippen LogP contribution in [-0.2, 0) is 17.8 Å². The van der Waals surface area contributed by atoms with Crippen molar-refractivity contribution in [1.82, 2.24) is 9.80 Å². The van der Waals surface area contributed by atoms with E-state index in [-0.39, 0.29) is 0 Å². The number of rotatable bonds is 3. The van der Waals surface area contributed by atoms with E-state index in [1.165, 1.54) is 11.1 Å². The molecule has 1 fully saturated rings. The quantitative estimate of drug-likeness (QED) is 0.852. The lowest BCUT2D eigenvalue weighted by Crippen LogP contribution is -2.43. The van der Waals surface area contributed by atoms with Crippen LogP contribution in [0.3, 0.4) is 0 Å². The van der Waals surface area contributed by atoms with E-state index < -0.39 is 0 Å². The standard InChI is InChI=1S/C17H24N2O2/c1-18-10-13(3-6-17(18)20)11-19-8-7-14-9-16(21-2)5-4-15(14)12-19/h4-5,9,13H,3,6-8,10-12H2,1-2H3. The first-order chi connectivity index (χ1) is 10.2. The molecular weight excluding hydrogens is 264 g/mol. The number of likely N-dealkylation sites (tertiary alicyclic amines) is 1. The second-order valence-corrected chi connectivity index (χ2v) is 6.30. The summed E-state index contributed by atoms with van der Waals surface area (Å²) < 4.78 is 5.30. The Morgan fingerprint density at radius 3 is 2.90 bits per heavy atom. The van der Waals surface area contributed by atoms with Crippen molar-refractivity contribution in [3.05, 3.63) is 29.3 Å². The van der Waals surface area contributed by atoms with Crippen LogP contribution in [0, 0.1) is 5.92 Å². The van der Waals surface area contributed by atoms with Gasteiger partial charge >= 0.3 is 0 Å². The lowest BCUT2D eigenvalue weighted by atomic mass is 9.94. The summed E-state index contributed by atoms with van der Waals surface area (Å²) in [6.07, 6.45) is 2.84. The zero-order valence-electron chi connectivity index (χ0n) is 13.0. The highest BCUT2D eigenvalue weighted by atomic mass is 16.5. The zero-order valence-corrected chi connectivity index (χ0v) is 13.0. The van der Waals surface area contributed by atoms with E-state index in [1.807, 2.05) is 11.9 Å². The molecule has 3 rings (SSSR count). The van der Waals surface area contributed by atoms with Gasteiger partial charge in [-0.05, 0) is 42.0 Å².